The van der Waals surface area contributed by atoms with Crippen molar-refractivity contribution in [2.75, 3.05) is 12.4 Å². The SMILES string of the molecule is CN[C@@H](C)C(=O)Nc1ccc(-c2ccc(F)cc2)n(Cc2cc(C(=O)c3ccc(F)cc3)nc(C)n2)c1=O. The Bertz CT molecular complexity index is 1550. The van der Waals surface area contributed by atoms with Crippen LogP contribution in [0, 0.1) is 18.6 Å². The summed E-state index contributed by atoms with van der Waals surface area (Å²) in [5, 5.41) is 5.44. The van der Waals surface area contributed by atoms with Crippen molar-refractivity contribution in [1.29, 1.82) is 0 Å². The topological polar surface area (TPSA) is 106 Å². The van der Waals surface area contributed by atoms with Gasteiger partial charge in [-0.2, -0.15) is 0 Å². The van der Waals surface area contributed by atoms with Gasteiger partial charge in [0.2, 0.25) is 11.7 Å². The molecule has 1 atom stereocenters. The number of carbonyl (C=O) groups excluding carboxylic acids is 2. The summed E-state index contributed by atoms with van der Waals surface area (Å²) in [5.41, 5.74) is 1.27. The molecule has 8 nitrogen and oxygen atoms in total. The highest BCUT2D eigenvalue weighted by atomic mass is 19.1. The molecule has 4 rings (SSSR count). The second kappa shape index (κ2) is 11.2. The average molecular weight is 518 g/mol. The van der Waals surface area contributed by atoms with Gasteiger partial charge in [0.25, 0.3) is 5.56 Å². The van der Waals surface area contributed by atoms with E-state index in [2.05, 4.69) is 20.6 Å². The van der Waals surface area contributed by atoms with Gasteiger partial charge in [-0.05, 0) is 93.2 Å². The third-order valence-electron chi connectivity index (χ3n) is 5.95. The highest BCUT2D eigenvalue weighted by molar-refractivity contribution is 6.07. The molecule has 2 aromatic heterocycles. The molecule has 38 heavy (non-hydrogen) atoms. The Hall–Kier alpha value is -4.57. The molecule has 2 aromatic carbocycles. The van der Waals surface area contributed by atoms with Gasteiger partial charge in [0, 0.05) is 5.56 Å². The van der Waals surface area contributed by atoms with Crippen LogP contribution in [0.3, 0.4) is 0 Å². The highest BCUT2D eigenvalue weighted by Gasteiger charge is 2.18. The summed E-state index contributed by atoms with van der Waals surface area (Å²) in [7, 11) is 1.63. The van der Waals surface area contributed by atoms with E-state index in [0.717, 1.165) is 0 Å². The third-order valence-corrected chi connectivity index (χ3v) is 5.95. The number of nitrogens with one attached hydrogen (secondary N) is 2. The molecule has 0 aliphatic rings. The van der Waals surface area contributed by atoms with Gasteiger partial charge in [-0.1, -0.05) is 0 Å². The lowest BCUT2D eigenvalue weighted by Crippen LogP contribution is -2.37. The summed E-state index contributed by atoms with van der Waals surface area (Å²) in [4.78, 5) is 47.6. The fourth-order valence-corrected chi connectivity index (χ4v) is 3.81. The molecule has 10 heteroatoms. The maximum absolute atomic E-state index is 13.6. The zero-order chi connectivity index (χ0) is 27.4. The quantitative estimate of drug-likeness (QED) is 0.345. The Morgan fingerprint density at radius 1 is 0.947 bits per heavy atom. The van der Waals surface area contributed by atoms with Gasteiger partial charge in [-0.25, -0.2) is 18.7 Å². The maximum atomic E-state index is 13.6. The molecular weight excluding hydrogens is 492 g/mol. The van der Waals surface area contributed by atoms with Gasteiger partial charge in [0.05, 0.1) is 24.0 Å². The van der Waals surface area contributed by atoms with Gasteiger partial charge in [-0.15, -0.1) is 0 Å². The molecule has 4 aromatic rings. The summed E-state index contributed by atoms with van der Waals surface area (Å²) in [6.45, 7) is 3.21. The first-order valence-corrected chi connectivity index (χ1v) is 11.8. The second-order valence-electron chi connectivity index (χ2n) is 8.66. The number of halogens is 2. The van der Waals surface area contributed by atoms with Crippen molar-refractivity contribution >= 4 is 17.4 Å². The number of ketones is 1. The van der Waals surface area contributed by atoms with Crippen LogP contribution in [0.2, 0.25) is 0 Å². The van der Waals surface area contributed by atoms with Gasteiger partial charge in [-0.3, -0.25) is 14.4 Å². The molecule has 2 heterocycles. The molecular formula is C28H25F2N5O3. The Labute approximate surface area is 217 Å². The average Bonchev–Trinajstić information content (AvgIpc) is 2.90. The van der Waals surface area contributed by atoms with Crippen LogP contribution < -0.4 is 16.2 Å². The Balaban J connectivity index is 1.78. The van der Waals surface area contributed by atoms with E-state index in [4.69, 9.17) is 0 Å². The first-order chi connectivity index (χ1) is 18.2. The normalized spacial score (nSPS) is 11.7. The van der Waals surface area contributed by atoms with Crippen LogP contribution in [-0.2, 0) is 11.3 Å². The van der Waals surface area contributed by atoms with Crippen molar-refractivity contribution in [2.24, 2.45) is 0 Å². The number of pyridine rings is 1. The molecule has 194 valence electrons. The molecule has 1 amide bonds. The van der Waals surface area contributed by atoms with E-state index in [1.807, 2.05) is 0 Å². The number of benzene rings is 2. The van der Waals surface area contributed by atoms with E-state index in [1.54, 1.807) is 27.0 Å². The number of likely N-dealkylation sites (N-methyl/N-ethyl adjacent to an activating group) is 1. The molecule has 0 saturated heterocycles. The molecule has 0 aliphatic heterocycles. The Morgan fingerprint density at radius 2 is 1.58 bits per heavy atom. The fourth-order valence-electron chi connectivity index (χ4n) is 3.81. The first kappa shape index (κ1) is 26.5. The molecule has 0 saturated carbocycles. The van der Waals surface area contributed by atoms with Gasteiger partial charge >= 0.3 is 0 Å². The number of rotatable bonds is 8. The summed E-state index contributed by atoms with van der Waals surface area (Å²) >= 11 is 0. The summed E-state index contributed by atoms with van der Waals surface area (Å²) in [5.74, 6) is -1.41. The number of anilines is 1. The van der Waals surface area contributed by atoms with Crippen LogP contribution in [0.15, 0.2) is 71.5 Å². The number of aryl methyl sites for hydroxylation is 1. The van der Waals surface area contributed by atoms with Gasteiger partial charge in [0.15, 0.2) is 0 Å². The van der Waals surface area contributed by atoms with E-state index >= 15 is 0 Å². The number of hydrogen-bond acceptors (Lipinski definition) is 6. The van der Waals surface area contributed by atoms with Crippen molar-refractivity contribution in [2.45, 2.75) is 26.4 Å². The Morgan fingerprint density at radius 3 is 2.21 bits per heavy atom. The van der Waals surface area contributed by atoms with Crippen molar-refractivity contribution in [3.8, 4) is 11.3 Å². The van der Waals surface area contributed by atoms with E-state index in [9.17, 15) is 23.2 Å². The van der Waals surface area contributed by atoms with E-state index in [1.165, 1.54) is 65.2 Å². The molecule has 0 bridgehead atoms. The standard InChI is InChI=1S/C28H25F2N5O3/c1-16(31-3)27(37)34-23-12-13-25(18-4-8-20(29)9-5-18)35(28(23)38)15-22-14-24(33-17(2)32-22)26(36)19-6-10-21(30)11-7-19/h4-14,16,31H,15H2,1-3H3,(H,34,37)/t16-/m0/s1. The molecule has 0 aliphatic carbocycles. The maximum Gasteiger partial charge on any atom is 0.275 e. The second-order valence-corrected chi connectivity index (χ2v) is 8.66. The minimum Gasteiger partial charge on any atom is -0.320 e. The van der Waals surface area contributed by atoms with E-state index in [-0.39, 0.29) is 23.5 Å². The van der Waals surface area contributed by atoms with Gasteiger partial charge in [0.1, 0.15) is 28.8 Å². The number of aromatic nitrogens is 3. The Kier molecular flexibility index (Phi) is 7.82. The highest BCUT2D eigenvalue weighted by Crippen LogP contribution is 2.21. The monoisotopic (exact) mass is 517 g/mol. The molecule has 0 fully saturated rings. The van der Waals surface area contributed by atoms with Gasteiger partial charge < -0.3 is 15.2 Å². The van der Waals surface area contributed by atoms with Crippen molar-refractivity contribution in [3.63, 3.8) is 0 Å². The first-order valence-electron chi connectivity index (χ1n) is 11.8. The number of nitrogens with zero attached hydrogens (tertiary/aromatic N) is 3. The fraction of sp³-hybridized carbons (Fsp3) is 0.179. The van der Waals surface area contributed by atoms with Crippen LogP contribution in [0.25, 0.3) is 11.3 Å². The van der Waals surface area contributed by atoms with Crippen molar-refractivity contribution in [1.82, 2.24) is 19.9 Å². The molecule has 2 N–H and O–H groups in total. The molecule has 0 spiro atoms. The minimum absolute atomic E-state index is 0.0522. The summed E-state index contributed by atoms with van der Waals surface area (Å²) < 4.78 is 28.3. The largest absolute Gasteiger partial charge is 0.320 e. The van der Waals surface area contributed by atoms with Crippen LogP contribution in [0.4, 0.5) is 14.5 Å². The predicted molar refractivity (Wildman–Crippen MR) is 139 cm³/mol. The van der Waals surface area contributed by atoms with Crippen LogP contribution in [0.5, 0.6) is 0 Å². The zero-order valence-corrected chi connectivity index (χ0v) is 21.0. The smallest absolute Gasteiger partial charge is 0.275 e. The number of carbonyl (C=O) groups is 2. The minimum atomic E-state index is -0.538. The molecule has 0 radical (unpaired) electrons. The summed E-state index contributed by atoms with van der Waals surface area (Å²) in [6, 6.07) is 14.8. The molecule has 0 unspecified atom stereocenters. The predicted octanol–water partition coefficient (Wildman–Crippen LogP) is 3.72. The number of hydrogen-bond donors (Lipinski definition) is 2. The van der Waals surface area contributed by atoms with E-state index < -0.39 is 34.9 Å². The van der Waals surface area contributed by atoms with Crippen LogP contribution in [-0.4, -0.2) is 39.3 Å². The lowest BCUT2D eigenvalue weighted by molar-refractivity contribution is -0.117. The zero-order valence-electron chi connectivity index (χ0n) is 21.0. The number of amides is 1. The van der Waals surface area contributed by atoms with Crippen molar-refractivity contribution < 1.29 is 18.4 Å². The van der Waals surface area contributed by atoms with Crippen LogP contribution >= 0.6 is 0 Å². The lowest BCUT2D eigenvalue weighted by atomic mass is 10.1. The lowest BCUT2D eigenvalue weighted by Gasteiger charge is -2.17. The van der Waals surface area contributed by atoms with E-state index in [0.29, 0.717) is 22.8 Å². The summed E-state index contributed by atoms with van der Waals surface area (Å²) in [6.07, 6.45) is 0. The van der Waals surface area contributed by atoms with Crippen LogP contribution in [0.1, 0.15) is 34.5 Å². The van der Waals surface area contributed by atoms with Crippen molar-refractivity contribution in [3.05, 3.63) is 111 Å². The third kappa shape index (κ3) is 5.87.